The summed E-state index contributed by atoms with van der Waals surface area (Å²) in [6.45, 7) is 3.90. The van der Waals surface area contributed by atoms with E-state index in [1.54, 1.807) is 0 Å². The highest BCUT2D eigenvalue weighted by molar-refractivity contribution is 7.10. The van der Waals surface area contributed by atoms with Crippen LogP contribution in [0.3, 0.4) is 0 Å². The van der Waals surface area contributed by atoms with Crippen molar-refractivity contribution in [3.63, 3.8) is 0 Å². The molecule has 0 saturated carbocycles. The van der Waals surface area contributed by atoms with Crippen LogP contribution in [0.4, 0.5) is 0 Å². The van der Waals surface area contributed by atoms with Crippen LogP contribution in [0, 0.1) is 0 Å². The van der Waals surface area contributed by atoms with E-state index in [0.29, 0.717) is 12.6 Å². The number of fused-ring (bicyclic) bond motifs is 1. The first-order valence-corrected chi connectivity index (χ1v) is 8.24. The van der Waals surface area contributed by atoms with Crippen molar-refractivity contribution in [2.75, 3.05) is 13.1 Å². The van der Waals surface area contributed by atoms with Gasteiger partial charge in [0, 0.05) is 35.1 Å². The third kappa shape index (κ3) is 2.40. The Morgan fingerprint density at radius 2 is 2.20 bits per heavy atom. The van der Waals surface area contributed by atoms with E-state index in [2.05, 4.69) is 29.3 Å². The molecule has 106 valence electrons. The van der Waals surface area contributed by atoms with Crippen LogP contribution in [-0.2, 0) is 6.42 Å². The zero-order chi connectivity index (χ0) is 14.1. The summed E-state index contributed by atoms with van der Waals surface area (Å²) in [5.74, 6) is 0. The number of hydrogen-bond acceptors (Lipinski definition) is 3. The number of nitrogens with zero attached hydrogens (tertiary/aromatic N) is 1. The largest absolute Gasteiger partial charge is 0.329 e. The Morgan fingerprint density at radius 1 is 1.40 bits per heavy atom. The molecule has 2 nitrogen and oxygen atoms in total. The van der Waals surface area contributed by atoms with E-state index in [1.165, 1.54) is 10.4 Å². The van der Waals surface area contributed by atoms with Crippen molar-refractivity contribution in [3.05, 3.63) is 56.7 Å². The predicted molar refractivity (Wildman–Crippen MR) is 86.4 cm³/mol. The van der Waals surface area contributed by atoms with Gasteiger partial charge in [-0.15, -0.1) is 11.3 Å². The first kappa shape index (κ1) is 14.1. The van der Waals surface area contributed by atoms with Crippen LogP contribution in [-0.4, -0.2) is 18.0 Å². The first-order chi connectivity index (χ1) is 9.72. The van der Waals surface area contributed by atoms with Gasteiger partial charge in [-0.25, -0.2) is 0 Å². The van der Waals surface area contributed by atoms with E-state index in [-0.39, 0.29) is 6.04 Å². The molecule has 3 rings (SSSR count). The first-order valence-electron chi connectivity index (χ1n) is 6.99. The van der Waals surface area contributed by atoms with Crippen molar-refractivity contribution in [1.29, 1.82) is 0 Å². The molecule has 2 heterocycles. The molecule has 0 saturated heterocycles. The smallest absolute Gasteiger partial charge is 0.0491 e. The number of thiophene rings is 1. The third-order valence-corrected chi connectivity index (χ3v) is 5.55. The molecule has 2 N–H and O–H groups in total. The Morgan fingerprint density at radius 3 is 2.95 bits per heavy atom. The lowest BCUT2D eigenvalue weighted by atomic mass is 9.96. The summed E-state index contributed by atoms with van der Waals surface area (Å²) in [5, 5.41) is 3.00. The highest BCUT2D eigenvalue weighted by atomic mass is 35.5. The molecule has 2 atom stereocenters. The van der Waals surface area contributed by atoms with E-state index in [0.717, 1.165) is 23.6 Å². The highest BCUT2D eigenvalue weighted by Crippen LogP contribution is 2.39. The number of nitrogens with two attached hydrogens (primary N) is 1. The molecular weight excluding hydrogens is 288 g/mol. The van der Waals surface area contributed by atoms with Crippen LogP contribution in [0.15, 0.2) is 35.7 Å². The Hall–Kier alpha value is -0.870. The number of hydrogen-bond donors (Lipinski definition) is 1. The summed E-state index contributed by atoms with van der Waals surface area (Å²) in [5.41, 5.74) is 8.66. The molecule has 1 aromatic heterocycles. The lowest BCUT2D eigenvalue weighted by Gasteiger charge is -2.39. The van der Waals surface area contributed by atoms with Crippen molar-refractivity contribution >= 4 is 22.9 Å². The summed E-state index contributed by atoms with van der Waals surface area (Å²) >= 11 is 8.23. The molecule has 0 amide bonds. The van der Waals surface area contributed by atoms with Crippen LogP contribution in [0.2, 0.25) is 5.02 Å². The van der Waals surface area contributed by atoms with Crippen molar-refractivity contribution in [2.45, 2.75) is 25.4 Å². The maximum Gasteiger partial charge on any atom is 0.0491 e. The molecule has 0 fully saturated rings. The Balaban J connectivity index is 1.93. The van der Waals surface area contributed by atoms with E-state index in [4.69, 9.17) is 17.3 Å². The molecular formula is C16H19ClN2S. The van der Waals surface area contributed by atoms with E-state index < -0.39 is 0 Å². The summed E-state index contributed by atoms with van der Waals surface area (Å²) < 4.78 is 0. The average molecular weight is 307 g/mol. The second-order valence-corrected chi connectivity index (χ2v) is 6.64. The lowest BCUT2D eigenvalue weighted by molar-refractivity contribution is 0.139. The molecule has 0 bridgehead atoms. The van der Waals surface area contributed by atoms with Gasteiger partial charge < -0.3 is 5.73 Å². The van der Waals surface area contributed by atoms with Gasteiger partial charge in [0.25, 0.3) is 0 Å². The topological polar surface area (TPSA) is 29.3 Å². The van der Waals surface area contributed by atoms with Crippen molar-refractivity contribution in [3.8, 4) is 0 Å². The fourth-order valence-corrected chi connectivity index (χ4v) is 4.37. The second kappa shape index (κ2) is 5.86. The van der Waals surface area contributed by atoms with Gasteiger partial charge >= 0.3 is 0 Å². The Kier molecular flexibility index (Phi) is 4.13. The number of benzene rings is 1. The minimum Gasteiger partial charge on any atom is -0.329 e. The van der Waals surface area contributed by atoms with Crippen LogP contribution in [0.25, 0.3) is 0 Å². The third-order valence-electron chi connectivity index (χ3n) is 4.21. The standard InChI is InChI=1S/C16H19ClN2S/c1-11-12-7-9-20-16(12)6-8-19(11)15(10-18)13-4-2-3-5-14(13)17/h2-5,7,9,11,15H,6,8,10,18H2,1H3. The Labute approximate surface area is 129 Å². The monoisotopic (exact) mass is 306 g/mol. The normalized spacial score (nSPS) is 20.6. The van der Waals surface area contributed by atoms with Gasteiger partial charge in [0.1, 0.15) is 0 Å². The van der Waals surface area contributed by atoms with Gasteiger partial charge in [-0.3, -0.25) is 4.90 Å². The van der Waals surface area contributed by atoms with Crippen molar-refractivity contribution in [2.24, 2.45) is 5.73 Å². The van der Waals surface area contributed by atoms with Gasteiger partial charge in [-0.05, 0) is 42.0 Å². The predicted octanol–water partition coefficient (Wildman–Crippen LogP) is 4.02. The zero-order valence-electron chi connectivity index (χ0n) is 11.6. The minimum atomic E-state index is 0.187. The van der Waals surface area contributed by atoms with E-state index in [9.17, 15) is 0 Å². The second-order valence-electron chi connectivity index (χ2n) is 5.24. The maximum absolute atomic E-state index is 6.36. The summed E-state index contributed by atoms with van der Waals surface area (Å²) in [7, 11) is 0. The molecule has 1 aromatic carbocycles. The summed E-state index contributed by atoms with van der Waals surface area (Å²) in [6.07, 6.45) is 1.11. The fourth-order valence-electron chi connectivity index (χ4n) is 3.14. The quantitative estimate of drug-likeness (QED) is 0.928. The molecule has 0 spiro atoms. The molecule has 20 heavy (non-hydrogen) atoms. The summed E-state index contributed by atoms with van der Waals surface area (Å²) in [4.78, 5) is 4.00. The van der Waals surface area contributed by atoms with Crippen molar-refractivity contribution in [1.82, 2.24) is 4.90 Å². The molecule has 2 aromatic rings. The van der Waals surface area contributed by atoms with Crippen LogP contribution in [0.1, 0.15) is 35.0 Å². The molecule has 2 unspecified atom stereocenters. The summed E-state index contributed by atoms with van der Waals surface area (Å²) in [6, 6.07) is 10.9. The molecule has 0 radical (unpaired) electrons. The molecule has 1 aliphatic heterocycles. The molecule has 0 aliphatic carbocycles. The number of rotatable bonds is 3. The van der Waals surface area contributed by atoms with E-state index in [1.807, 2.05) is 29.5 Å². The van der Waals surface area contributed by atoms with Gasteiger partial charge in [0.15, 0.2) is 0 Å². The van der Waals surface area contributed by atoms with Gasteiger partial charge in [0.2, 0.25) is 0 Å². The molecule has 1 aliphatic rings. The van der Waals surface area contributed by atoms with Gasteiger partial charge in [0.05, 0.1) is 0 Å². The highest BCUT2D eigenvalue weighted by Gasteiger charge is 2.31. The van der Waals surface area contributed by atoms with Gasteiger partial charge in [-0.1, -0.05) is 29.8 Å². The average Bonchev–Trinajstić information content (AvgIpc) is 2.93. The van der Waals surface area contributed by atoms with E-state index >= 15 is 0 Å². The van der Waals surface area contributed by atoms with Crippen LogP contribution in [0.5, 0.6) is 0 Å². The fraction of sp³-hybridized carbons (Fsp3) is 0.375. The minimum absolute atomic E-state index is 0.187. The van der Waals surface area contributed by atoms with Crippen LogP contribution >= 0.6 is 22.9 Å². The van der Waals surface area contributed by atoms with Crippen LogP contribution < -0.4 is 5.73 Å². The Bertz CT molecular complexity index is 596. The lowest BCUT2D eigenvalue weighted by Crippen LogP contribution is -2.39. The molecule has 4 heteroatoms. The number of halogens is 1. The maximum atomic E-state index is 6.36. The zero-order valence-corrected chi connectivity index (χ0v) is 13.1. The SMILES string of the molecule is CC1c2ccsc2CCN1C(CN)c1ccccc1Cl. The van der Waals surface area contributed by atoms with Gasteiger partial charge in [-0.2, -0.15) is 0 Å². The van der Waals surface area contributed by atoms with Crippen molar-refractivity contribution < 1.29 is 0 Å².